The highest BCUT2D eigenvalue weighted by molar-refractivity contribution is 7.07. The molecule has 3 heterocycles. The van der Waals surface area contributed by atoms with E-state index in [1.807, 2.05) is 4.90 Å². The molecule has 1 amide bonds. The van der Waals surface area contributed by atoms with Gasteiger partial charge in [0.15, 0.2) is 0 Å². The summed E-state index contributed by atoms with van der Waals surface area (Å²) in [7, 11) is 0. The predicted molar refractivity (Wildman–Crippen MR) is 92.5 cm³/mol. The monoisotopic (exact) mass is 337 g/mol. The van der Waals surface area contributed by atoms with Gasteiger partial charge < -0.3 is 10.0 Å². The number of hydrogen-bond donors (Lipinski definition) is 1. The van der Waals surface area contributed by atoms with Crippen LogP contribution in [-0.4, -0.2) is 77.1 Å². The highest BCUT2D eigenvalue weighted by Gasteiger charge is 2.29. The summed E-state index contributed by atoms with van der Waals surface area (Å²) < 4.78 is 0. The number of likely N-dealkylation sites (tertiary alicyclic amines) is 1. The van der Waals surface area contributed by atoms with Crippen LogP contribution >= 0.6 is 11.3 Å². The molecule has 1 aromatic rings. The molecule has 0 saturated carbocycles. The zero-order valence-electron chi connectivity index (χ0n) is 13.9. The summed E-state index contributed by atoms with van der Waals surface area (Å²) in [5.41, 5.74) is 1.34. The molecule has 2 saturated heterocycles. The molecule has 0 aliphatic carbocycles. The average Bonchev–Trinajstić information content (AvgIpc) is 2.96. The first-order chi connectivity index (χ1) is 11.1. The van der Waals surface area contributed by atoms with Crippen molar-refractivity contribution in [2.45, 2.75) is 38.5 Å². The largest absolute Gasteiger partial charge is 0.390 e. The molecule has 1 N–H and O–H groups in total. The van der Waals surface area contributed by atoms with Gasteiger partial charge in [-0.2, -0.15) is 11.3 Å². The summed E-state index contributed by atoms with van der Waals surface area (Å²) in [6, 6.07) is 2.67. The third kappa shape index (κ3) is 4.53. The number of rotatable bonds is 3. The Bertz CT molecular complexity index is 500. The molecule has 6 heteroatoms. The van der Waals surface area contributed by atoms with E-state index in [2.05, 4.69) is 26.6 Å². The first kappa shape index (κ1) is 16.9. The van der Waals surface area contributed by atoms with Crippen molar-refractivity contribution in [3.63, 3.8) is 0 Å². The Kier molecular flexibility index (Phi) is 5.69. The Hall–Kier alpha value is -0.950. The molecule has 128 valence electrons. The molecule has 0 bridgehead atoms. The van der Waals surface area contributed by atoms with Crippen LogP contribution in [0.25, 0.3) is 0 Å². The van der Waals surface area contributed by atoms with Gasteiger partial charge in [-0.1, -0.05) is 0 Å². The van der Waals surface area contributed by atoms with Crippen LogP contribution in [0.1, 0.15) is 25.3 Å². The molecule has 0 radical (unpaired) electrons. The second-order valence-corrected chi connectivity index (χ2v) is 7.53. The van der Waals surface area contributed by atoms with E-state index in [1.54, 1.807) is 18.3 Å². The maximum absolute atomic E-state index is 11.4. The number of nitrogens with zero attached hydrogens (tertiary/aromatic N) is 3. The first-order valence-electron chi connectivity index (χ1n) is 8.53. The lowest BCUT2D eigenvalue weighted by Crippen LogP contribution is -2.48. The van der Waals surface area contributed by atoms with Gasteiger partial charge >= 0.3 is 0 Å². The second kappa shape index (κ2) is 7.75. The molecule has 1 atom stereocenters. The number of hydrogen-bond acceptors (Lipinski definition) is 5. The SMILES string of the molecule is CC(=O)N1CCC(N2CCN(Cc3ccsc3)C[C@H](O)C2)CC1. The van der Waals surface area contributed by atoms with E-state index < -0.39 is 0 Å². The minimum atomic E-state index is -0.290. The van der Waals surface area contributed by atoms with Crippen molar-refractivity contribution in [3.05, 3.63) is 22.4 Å². The molecule has 0 aromatic carbocycles. The summed E-state index contributed by atoms with van der Waals surface area (Å²) in [5.74, 6) is 0.182. The van der Waals surface area contributed by atoms with Gasteiger partial charge in [0.1, 0.15) is 0 Å². The summed E-state index contributed by atoms with van der Waals surface area (Å²) in [4.78, 5) is 18.2. The lowest BCUT2D eigenvalue weighted by atomic mass is 10.0. The standard InChI is InChI=1S/C17H27N3O2S/c1-14(21)19-5-2-16(3-6-19)20-8-7-18(11-17(22)12-20)10-15-4-9-23-13-15/h4,9,13,16-17,22H,2-3,5-8,10-12H2,1H3/t17-/m0/s1. The van der Waals surface area contributed by atoms with Gasteiger partial charge in [0.25, 0.3) is 0 Å². The topological polar surface area (TPSA) is 47.0 Å². The van der Waals surface area contributed by atoms with Crippen LogP contribution in [0.3, 0.4) is 0 Å². The zero-order chi connectivity index (χ0) is 16.2. The fourth-order valence-corrected chi connectivity index (χ4v) is 4.40. The summed E-state index contributed by atoms with van der Waals surface area (Å²) in [6.07, 6.45) is 1.76. The molecular weight excluding hydrogens is 310 g/mol. The van der Waals surface area contributed by atoms with Crippen molar-refractivity contribution in [3.8, 4) is 0 Å². The van der Waals surface area contributed by atoms with Crippen LogP contribution in [0.5, 0.6) is 0 Å². The molecule has 3 rings (SSSR count). The van der Waals surface area contributed by atoms with Crippen molar-refractivity contribution in [2.24, 2.45) is 0 Å². The Labute approximate surface area is 142 Å². The number of aliphatic hydroxyl groups excluding tert-OH is 1. The Morgan fingerprint density at radius 1 is 1.26 bits per heavy atom. The number of carbonyl (C=O) groups excluding carboxylic acids is 1. The van der Waals surface area contributed by atoms with Crippen LogP contribution in [-0.2, 0) is 11.3 Å². The van der Waals surface area contributed by atoms with Gasteiger partial charge in [-0.15, -0.1) is 0 Å². The molecule has 0 spiro atoms. The van der Waals surface area contributed by atoms with Crippen molar-refractivity contribution in [1.82, 2.24) is 14.7 Å². The third-order valence-electron chi connectivity index (χ3n) is 5.03. The number of carbonyl (C=O) groups is 1. The third-order valence-corrected chi connectivity index (χ3v) is 5.76. The predicted octanol–water partition coefficient (Wildman–Crippen LogP) is 1.24. The highest BCUT2D eigenvalue weighted by Crippen LogP contribution is 2.19. The molecule has 2 fully saturated rings. The van der Waals surface area contributed by atoms with Crippen molar-refractivity contribution < 1.29 is 9.90 Å². The normalized spacial score (nSPS) is 25.5. The summed E-state index contributed by atoms with van der Waals surface area (Å²) >= 11 is 1.73. The van der Waals surface area contributed by atoms with E-state index in [1.165, 1.54) is 5.56 Å². The number of thiophene rings is 1. The summed E-state index contributed by atoms with van der Waals surface area (Å²) in [6.45, 7) is 7.79. The lowest BCUT2D eigenvalue weighted by Gasteiger charge is -2.38. The van der Waals surface area contributed by atoms with Crippen LogP contribution in [0.4, 0.5) is 0 Å². The number of β-amino-alcohol motifs (C(OH)–C–C–N with tert-alkyl or cyclic N) is 1. The van der Waals surface area contributed by atoms with Crippen LogP contribution in [0, 0.1) is 0 Å². The molecule has 2 aliphatic rings. The van der Waals surface area contributed by atoms with Crippen LogP contribution in [0.15, 0.2) is 16.8 Å². The molecule has 2 aliphatic heterocycles. The highest BCUT2D eigenvalue weighted by atomic mass is 32.1. The zero-order valence-corrected chi connectivity index (χ0v) is 14.7. The Balaban J connectivity index is 1.53. The van der Waals surface area contributed by atoms with Gasteiger partial charge in [-0.05, 0) is 35.2 Å². The van der Waals surface area contributed by atoms with E-state index in [4.69, 9.17) is 0 Å². The van der Waals surface area contributed by atoms with Crippen molar-refractivity contribution in [1.29, 1.82) is 0 Å². The maximum atomic E-state index is 11.4. The maximum Gasteiger partial charge on any atom is 0.219 e. The van der Waals surface area contributed by atoms with E-state index in [0.717, 1.165) is 58.7 Å². The molecular formula is C17H27N3O2S. The quantitative estimate of drug-likeness (QED) is 0.901. The van der Waals surface area contributed by atoms with Crippen molar-refractivity contribution >= 4 is 17.2 Å². The number of aliphatic hydroxyl groups is 1. The second-order valence-electron chi connectivity index (χ2n) is 6.75. The lowest BCUT2D eigenvalue weighted by molar-refractivity contribution is -0.130. The van der Waals surface area contributed by atoms with E-state index >= 15 is 0 Å². The Morgan fingerprint density at radius 3 is 2.70 bits per heavy atom. The smallest absolute Gasteiger partial charge is 0.219 e. The Morgan fingerprint density at radius 2 is 2.04 bits per heavy atom. The minimum Gasteiger partial charge on any atom is -0.390 e. The van der Waals surface area contributed by atoms with Gasteiger partial charge in [0, 0.05) is 58.8 Å². The van der Waals surface area contributed by atoms with E-state index in [-0.39, 0.29) is 12.0 Å². The van der Waals surface area contributed by atoms with Gasteiger partial charge in [-0.25, -0.2) is 0 Å². The average molecular weight is 337 g/mol. The fourth-order valence-electron chi connectivity index (χ4n) is 3.74. The van der Waals surface area contributed by atoms with Crippen molar-refractivity contribution in [2.75, 3.05) is 39.3 Å². The van der Waals surface area contributed by atoms with E-state index in [0.29, 0.717) is 6.04 Å². The first-order valence-corrected chi connectivity index (χ1v) is 9.47. The van der Waals surface area contributed by atoms with Crippen LogP contribution in [0.2, 0.25) is 0 Å². The van der Waals surface area contributed by atoms with Gasteiger partial charge in [0.05, 0.1) is 6.10 Å². The van der Waals surface area contributed by atoms with Gasteiger partial charge in [-0.3, -0.25) is 14.6 Å². The summed E-state index contributed by atoms with van der Waals surface area (Å²) in [5, 5.41) is 14.7. The molecule has 5 nitrogen and oxygen atoms in total. The van der Waals surface area contributed by atoms with Crippen LogP contribution < -0.4 is 0 Å². The molecule has 1 aromatic heterocycles. The van der Waals surface area contributed by atoms with E-state index in [9.17, 15) is 9.90 Å². The minimum absolute atomic E-state index is 0.182. The number of piperidine rings is 1. The number of amides is 1. The molecule has 23 heavy (non-hydrogen) atoms. The van der Waals surface area contributed by atoms with Gasteiger partial charge in [0.2, 0.25) is 5.91 Å². The molecule has 0 unspecified atom stereocenters. The fraction of sp³-hybridized carbons (Fsp3) is 0.706.